The van der Waals surface area contributed by atoms with Crippen LogP contribution in [-0.4, -0.2) is 69.0 Å². The first-order valence-electron chi connectivity index (χ1n) is 9.51. The van der Waals surface area contributed by atoms with E-state index in [0.717, 1.165) is 24.6 Å². The van der Waals surface area contributed by atoms with Crippen LogP contribution >= 0.6 is 0 Å². The number of likely N-dealkylation sites (tertiary alicyclic amines) is 1. The Hall–Kier alpha value is -2.08. The quantitative estimate of drug-likeness (QED) is 0.600. The number of benzene rings is 1. The topological polar surface area (TPSA) is 60.0 Å². The Morgan fingerprint density at radius 1 is 1.27 bits per heavy atom. The maximum absolute atomic E-state index is 11.9. The van der Waals surface area contributed by atoms with E-state index in [1.807, 2.05) is 24.3 Å². The first-order chi connectivity index (χ1) is 12.5. The van der Waals surface area contributed by atoms with E-state index in [9.17, 15) is 4.79 Å². The van der Waals surface area contributed by atoms with Gasteiger partial charge in [0, 0.05) is 46.3 Å². The third-order valence-corrected chi connectivity index (χ3v) is 4.90. The molecule has 144 valence electrons. The summed E-state index contributed by atoms with van der Waals surface area (Å²) >= 11 is 0. The predicted molar refractivity (Wildman–Crippen MR) is 107 cm³/mol. The molecule has 2 rings (SSSR count). The van der Waals surface area contributed by atoms with E-state index in [1.54, 1.807) is 26.0 Å². The second kappa shape index (κ2) is 10.2. The Balaban J connectivity index is 1.79. The highest BCUT2D eigenvalue weighted by Crippen LogP contribution is 2.15. The summed E-state index contributed by atoms with van der Waals surface area (Å²) in [4.78, 5) is 20.3. The number of carbonyl (C=O) groups excluding carboxylic acids is 1. The highest BCUT2D eigenvalue weighted by molar-refractivity contribution is 5.93. The Labute approximate surface area is 157 Å². The lowest BCUT2D eigenvalue weighted by Crippen LogP contribution is -2.44. The van der Waals surface area contributed by atoms with Crippen molar-refractivity contribution in [3.05, 3.63) is 35.4 Å². The molecule has 1 aromatic carbocycles. The van der Waals surface area contributed by atoms with Crippen molar-refractivity contribution in [2.45, 2.75) is 26.3 Å². The van der Waals surface area contributed by atoms with Crippen molar-refractivity contribution < 1.29 is 4.79 Å². The zero-order chi connectivity index (χ0) is 18.9. The van der Waals surface area contributed by atoms with Gasteiger partial charge in [-0.1, -0.05) is 19.1 Å². The molecule has 1 fully saturated rings. The van der Waals surface area contributed by atoms with Gasteiger partial charge in [-0.3, -0.25) is 9.79 Å². The molecule has 0 radical (unpaired) electrons. The fourth-order valence-electron chi connectivity index (χ4n) is 3.28. The van der Waals surface area contributed by atoms with Crippen LogP contribution in [0.2, 0.25) is 0 Å². The second-order valence-corrected chi connectivity index (χ2v) is 7.10. The van der Waals surface area contributed by atoms with Gasteiger partial charge >= 0.3 is 0 Å². The average Bonchev–Trinajstić information content (AvgIpc) is 2.68. The van der Waals surface area contributed by atoms with E-state index in [1.165, 1.54) is 25.9 Å². The van der Waals surface area contributed by atoms with E-state index in [-0.39, 0.29) is 5.91 Å². The largest absolute Gasteiger partial charge is 0.356 e. The fourth-order valence-corrected chi connectivity index (χ4v) is 3.28. The van der Waals surface area contributed by atoms with E-state index in [2.05, 4.69) is 27.4 Å². The molecule has 26 heavy (non-hydrogen) atoms. The lowest BCUT2D eigenvalue weighted by atomic mass is 9.98. The van der Waals surface area contributed by atoms with Crippen molar-refractivity contribution >= 4 is 11.9 Å². The number of aliphatic imine (C=N–C) groups is 1. The van der Waals surface area contributed by atoms with Gasteiger partial charge in [0.15, 0.2) is 5.96 Å². The molecule has 0 aliphatic carbocycles. The molecule has 0 saturated carbocycles. The molecule has 0 bridgehead atoms. The second-order valence-electron chi connectivity index (χ2n) is 7.10. The molecule has 6 heteroatoms. The standard InChI is InChI=1S/C20H33N5O/c1-5-25-12-6-7-17(15-25)14-23-20(21-2)22-13-16-8-10-18(11-9-16)19(26)24(3)4/h8-11,17H,5-7,12-15H2,1-4H3,(H2,21,22,23). The zero-order valence-electron chi connectivity index (χ0n) is 16.6. The number of carbonyl (C=O) groups is 1. The van der Waals surface area contributed by atoms with Crippen molar-refractivity contribution in [2.24, 2.45) is 10.9 Å². The van der Waals surface area contributed by atoms with E-state index >= 15 is 0 Å². The summed E-state index contributed by atoms with van der Waals surface area (Å²) in [6, 6.07) is 7.71. The average molecular weight is 360 g/mol. The highest BCUT2D eigenvalue weighted by Gasteiger charge is 2.18. The summed E-state index contributed by atoms with van der Waals surface area (Å²) in [5.74, 6) is 1.53. The fraction of sp³-hybridized carbons (Fsp3) is 0.600. The van der Waals surface area contributed by atoms with Crippen molar-refractivity contribution in [2.75, 3.05) is 47.3 Å². The number of guanidine groups is 1. The summed E-state index contributed by atoms with van der Waals surface area (Å²) in [7, 11) is 5.33. The summed E-state index contributed by atoms with van der Waals surface area (Å²) in [6.07, 6.45) is 2.56. The highest BCUT2D eigenvalue weighted by atomic mass is 16.2. The van der Waals surface area contributed by atoms with E-state index in [4.69, 9.17) is 0 Å². The molecule has 0 spiro atoms. The van der Waals surface area contributed by atoms with Gasteiger partial charge in [-0.2, -0.15) is 0 Å². The molecular weight excluding hydrogens is 326 g/mol. The van der Waals surface area contributed by atoms with Gasteiger partial charge < -0.3 is 20.4 Å². The Bertz CT molecular complexity index is 597. The number of piperidine rings is 1. The van der Waals surface area contributed by atoms with Crippen LogP contribution in [0, 0.1) is 5.92 Å². The summed E-state index contributed by atoms with van der Waals surface area (Å²) in [5.41, 5.74) is 1.83. The number of nitrogens with zero attached hydrogens (tertiary/aromatic N) is 3. The van der Waals surface area contributed by atoms with Gasteiger partial charge in [0.25, 0.3) is 5.91 Å². The molecule has 1 unspecified atom stereocenters. The van der Waals surface area contributed by atoms with Gasteiger partial charge in [-0.05, 0) is 49.5 Å². The van der Waals surface area contributed by atoms with Crippen LogP contribution in [-0.2, 0) is 6.54 Å². The maximum atomic E-state index is 11.9. The molecule has 1 aliphatic heterocycles. The third kappa shape index (κ3) is 6.02. The van der Waals surface area contributed by atoms with E-state index < -0.39 is 0 Å². The lowest BCUT2D eigenvalue weighted by Gasteiger charge is -2.32. The molecule has 1 heterocycles. The molecule has 1 aromatic rings. The third-order valence-electron chi connectivity index (χ3n) is 4.90. The number of hydrogen-bond acceptors (Lipinski definition) is 3. The van der Waals surface area contributed by atoms with Crippen molar-refractivity contribution in [1.29, 1.82) is 0 Å². The van der Waals surface area contributed by atoms with Gasteiger partial charge in [0.05, 0.1) is 0 Å². The number of nitrogens with one attached hydrogen (secondary N) is 2. The molecule has 1 saturated heterocycles. The SMILES string of the molecule is CCN1CCCC(CNC(=NC)NCc2ccc(C(=O)N(C)C)cc2)C1. The molecule has 0 aromatic heterocycles. The van der Waals surface area contributed by atoms with Gasteiger partial charge in [0.1, 0.15) is 0 Å². The Morgan fingerprint density at radius 3 is 2.62 bits per heavy atom. The number of amides is 1. The van der Waals surface area contributed by atoms with Gasteiger partial charge in [0.2, 0.25) is 0 Å². The van der Waals surface area contributed by atoms with Gasteiger partial charge in [-0.25, -0.2) is 0 Å². The van der Waals surface area contributed by atoms with Crippen LogP contribution in [0.5, 0.6) is 0 Å². The predicted octanol–water partition coefficient (Wildman–Crippen LogP) is 1.79. The van der Waals surface area contributed by atoms with Crippen LogP contribution in [0.25, 0.3) is 0 Å². The number of rotatable bonds is 6. The summed E-state index contributed by atoms with van der Waals surface area (Å²) < 4.78 is 0. The van der Waals surface area contributed by atoms with Crippen LogP contribution in [0.4, 0.5) is 0 Å². The maximum Gasteiger partial charge on any atom is 0.253 e. The Kier molecular flexibility index (Phi) is 7.91. The van der Waals surface area contributed by atoms with Crippen LogP contribution < -0.4 is 10.6 Å². The molecule has 6 nitrogen and oxygen atoms in total. The minimum Gasteiger partial charge on any atom is -0.356 e. The van der Waals surface area contributed by atoms with Gasteiger partial charge in [-0.15, -0.1) is 0 Å². The minimum absolute atomic E-state index is 0.0237. The summed E-state index contributed by atoms with van der Waals surface area (Å²) in [5, 5.41) is 6.80. The normalized spacial score (nSPS) is 18.5. The molecule has 1 atom stereocenters. The first-order valence-corrected chi connectivity index (χ1v) is 9.51. The Morgan fingerprint density at radius 2 is 2.00 bits per heavy atom. The zero-order valence-corrected chi connectivity index (χ0v) is 16.6. The van der Waals surface area contributed by atoms with Crippen molar-refractivity contribution in [3.63, 3.8) is 0 Å². The van der Waals surface area contributed by atoms with Crippen LogP contribution in [0.15, 0.2) is 29.3 Å². The first kappa shape index (κ1) is 20.2. The van der Waals surface area contributed by atoms with Crippen molar-refractivity contribution in [1.82, 2.24) is 20.4 Å². The molecule has 1 aliphatic rings. The monoisotopic (exact) mass is 359 g/mol. The van der Waals surface area contributed by atoms with E-state index in [0.29, 0.717) is 18.0 Å². The van der Waals surface area contributed by atoms with Crippen LogP contribution in [0.3, 0.4) is 0 Å². The minimum atomic E-state index is 0.0237. The summed E-state index contributed by atoms with van der Waals surface area (Å²) in [6.45, 7) is 7.39. The smallest absolute Gasteiger partial charge is 0.253 e. The lowest BCUT2D eigenvalue weighted by molar-refractivity contribution is 0.0827. The molecular formula is C20H33N5O. The molecule has 1 amide bonds. The van der Waals surface area contributed by atoms with Crippen molar-refractivity contribution in [3.8, 4) is 0 Å². The van der Waals surface area contributed by atoms with Crippen LogP contribution in [0.1, 0.15) is 35.7 Å². The molecule has 2 N–H and O–H groups in total. The number of hydrogen-bond donors (Lipinski definition) is 2.